The van der Waals surface area contributed by atoms with Crippen LogP contribution in [0, 0.1) is 17.2 Å². The number of hydrogen-bond acceptors (Lipinski definition) is 4. The number of carbonyl (C=O) groups is 1. The first-order valence-corrected chi connectivity index (χ1v) is 6.56. The van der Waals surface area contributed by atoms with Gasteiger partial charge >= 0.3 is 0 Å². The van der Waals surface area contributed by atoms with E-state index in [0.717, 1.165) is 6.42 Å². The number of amides is 1. The fourth-order valence-electron chi connectivity index (χ4n) is 1.63. The second kappa shape index (κ2) is 6.92. The minimum absolute atomic E-state index is 0.0439. The Balaban J connectivity index is 2.69. The molecular formula is C15H20N2O3. The van der Waals surface area contributed by atoms with Gasteiger partial charge < -0.3 is 14.8 Å². The molecule has 20 heavy (non-hydrogen) atoms. The van der Waals surface area contributed by atoms with Crippen LogP contribution >= 0.6 is 0 Å². The quantitative estimate of drug-likeness (QED) is 0.615. The lowest BCUT2D eigenvalue weighted by molar-refractivity contribution is -0.118. The molecule has 1 rings (SSSR count). The molecule has 2 N–H and O–H groups in total. The van der Waals surface area contributed by atoms with Crippen molar-refractivity contribution in [2.75, 3.05) is 6.54 Å². The third-order valence-corrected chi connectivity index (χ3v) is 3.48. The second-order valence-electron chi connectivity index (χ2n) is 5.03. The largest absolute Gasteiger partial charge is 0.465 e. The predicted molar refractivity (Wildman–Crippen MR) is 75.4 cm³/mol. The molecule has 0 fully saturated rings. The van der Waals surface area contributed by atoms with Crippen LogP contribution in [0.25, 0.3) is 6.08 Å². The average Bonchev–Trinajstić information content (AvgIpc) is 2.94. The molecular weight excluding hydrogens is 256 g/mol. The molecule has 1 heterocycles. The summed E-state index contributed by atoms with van der Waals surface area (Å²) in [4.78, 5) is 11.9. The van der Waals surface area contributed by atoms with Gasteiger partial charge in [0.05, 0.1) is 11.9 Å². The van der Waals surface area contributed by atoms with E-state index in [1.54, 1.807) is 19.1 Å². The van der Waals surface area contributed by atoms with E-state index in [-0.39, 0.29) is 18.0 Å². The number of carbonyl (C=O) groups excluding carboxylic acids is 1. The summed E-state index contributed by atoms with van der Waals surface area (Å²) in [6.07, 6.45) is 3.63. The van der Waals surface area contributed by atoms with E-state index < -0.39 is 11.5 Å². The molecule has 1 aromatic rings. The Morgan fingerprint density at radius 3 is 2.90 bits per heavy atom. The van der Waals surface area contributed by atoms with E-state index in [9.17, 15) is 9.90 Å². The molecule has 5 nitrogen and oxygen atoms in total. The fourth-order valence-corrected chi connectivity index (χ4v) is 1.63. The van der Waals surface area contributed by atoms with Crippen molar-refractivity contribution in [1.29, 1.82) is 5.26 Å². The molecule has 1 aromatic heterocycles. The van der Waals surface area contributed by atoms with Crippen molar-refractivity contribution in [3.63, 3.8) is 0 Å². The normalized spacial score (nSPS) is 16.1. The number of nitriles is 1. The molecule has 1 amide bonds. The van der Waals surface area contributed by atoms with Gasteiger partial charge in [-0.3, -0.25) is 4.79 Å². The molecule has 108 valence electrons. The Morgan fingerprint density at radius 2 is 2.40 bits per heavy atom. The Morgan fingerprint density at radius 1 is 1.70 bits per heavy atom. The Bertz CT molecular complexity index is 510. The third-order valence-electron chi connectivity index (χ3n) is 3.48. The summed E-state index contributed by atoms with van der Waals surface area (Å²) in [5, 5.41) is 21.8. The molecule has 0 saturated heterocycles. The minimum Gasteiger partial charge on any atom is -0.465 e. The zero-order valence-corrected chi connectivity index (χ0v) is 12.0. The van der Waals surface area contributed by atoms with Crippen LogP contribution in [0.5, 0.6) is 0 Å². The second-order valence-corrected chi connectivity index (χ2v) is 5.03. The highest BCUT2D eigenvalue weighted by Crippen LogP contribution is 2.19. The van der Waals surface area contributed by atoms with E-state index >= 15 is 0 Å². The van der Waals surface area contributed by atoms with Gasteiger partial charge in [0.15, 0.2) is 0 Å². The highest BCUT2D eigenvalue weighted by Gasteiger charge is 2.27. The first kappa shape index (κ1) is 16.0. The van der Waals surface area contributed by atoms with Crippen molar-refractivity contribution < 1.29 is 14.3 Å². The van der Waals surface area contributed by atoms with E-state index in [1.807, 2.05) is 19.9 Å². The Labute approximate surface area is 118 Å². The number of nitrogens with one attached hydrogen (secondary N) is 1. The average molecular weight is 276 g/mol. The van der Waals surface area contributed by atoms with Crippen molar-refractivity contribution in [3.05, 3.63) is 29.7 Å². The SMILES string of the molecule is CCC(C)C(C)(O)CNC(=O)C(C#N)=Cc1ccco1. The van der Waals surface area contributed by atoms with Crippen molar-refractivity contribution in [3.8, 4) is 6.07 Å². The van der Waals surface area contributed by atoms with E-state index in [0.29, 0.717) is 5.76 Å². The van der Waals surface area contributed by atoms with Crippen LogP contribution in [-0.4, -0.2) is 23.2 Å². The van der Waals surface area contributed by atoms with Crippen LogP contribution in [0.2, 0.25) is 0 Å². The third kappa shape index (κ3) is 4.25. The summed E-state index contributed by atoms with van der Waals surface area (Å²) in [6, 6.07) is 5.15. The van der Waals surface area contributed by atoms with Crippen LogP contribution in [-0.2, 0) is 4.79 Å². The van der Waals surface area contributed by atoms with Gasteiger partial charge in [-0.25, -0.2) is 0 Å². The van der Waals surface area contributed by atoms with Crippen LogP contribution < -0.4 is 5.32 Å². The van der Waals surface area contributed by atoms with Crippen LogP contribution in [0.4, 0.5) is 0 Å². The maximum atomic E-state index is 11.9. The molecule has 0 saturated carbocycles. The summed E-state index contributed by atoms with van der Waals surface area (Å²) in [6.45, 7) is 5.65. The first-order valence-electron chi connectivity index (χ1n) is 6.56. The fraction of sp³-hybridized carbons (Fsp3) is 0.467. The zero-order chi connectivity index (χ0) is 15.2. The van der Waals surface area contributed by atoms with Crippen molar-refractivity contribution >= 4 is 12.0 Å². The molecule has 0 aromatic carbocycles. The van der Waals surface area contributed by atoms with E-state index in [4.69, 9.17) is 9.68 Å². The number of furan rings is 1. The summed E-state index contributed by atoms with van der Waals surface area (Å²) in [7, 11) is 0. The van der Waals surface area contributed by atoms with Crippen LogP contribution in [0.1, 0.15) is 33.0 Å². The van der Waals surface area contributed by atoms with Crippen LogP contribution in [0.15, 0.2) is 28.4 Å². The maximum absolute atomic E-state index is 11.9. The summed E-state index contributed by atoms with van der Waals surface area (Å²) in [5.41, 5.74) is -1.06. The van der Waals surface area contributed by atoms with E-state index in [2.05, 4.69) is 5.32 Å². The van der Waals surface area contributed by atoms with Crippen molar-refractivity contribution in [2.45, 2.75) is 32.8 Å². The number of aliphatic hydroxyl groups is 1. The van der Waals surface area contributed by atoms with Gasteiger partial charge in [0.1, 0.15) is 17.4 Å². The molecule has 2 atom stereocenters. The molecule has 0 aliphatic carbocycles. The number of rotatable bonds is 6. The number of hydrogen-bond donors (Lipinski definition) is 2. The Hall–Kier alpha value is -2.06. The maximum Gasteiger partial charge on any atom is 0.262 e. The summed E-state index contributed by atoms with van der Waals surface area (Å²) in [5.74, 6) is -0.0414. The molecule has 5 heteroatoms. The summed E-state index contributed by atoms with van der Waals surface area (Å²) < 4.78 is 5.06. The van der Waals surface area contributed by atoms with E-state index in [1.165, 1.54) is 12.3 Å². The first-order chi connectivity index (χ1) is 9.40. The molecule has 0 bridgehead atoms. The molecule has 0 radical (unpaired) electrons. The van der Waals surface area contributed by atoms with Gasteiger partial charge in [-0.1, -0.05) is 20.3 Å². The standard InChI is InChI=1S/C15H20N2O3/c1-4-11(2)15(3,19)10-17-14(18)12(9-16)8-13-6-5-7-20-13/h5-8,11,19H,4,10H2,1-3H3,(H,17,18). The van der Waals surface area contributed by atoms with Gasteiger partial charge in [-0.2, -0.15) is 5.26 Å². The van der Waals surface area contributed by atoms with Gasteiger partial charge in [-0.05, 0) is 25.0 Å². The molecule has 0 aliphatic heterocycles. The van der Waals surface area contributed by atoms with Gasteiger partial charge in [-0.15, -0.1) is 0 Å². The minimum atomic E-state index is -1.00. The predicted octanol–water partition coefficient (Wildman–Crippen LogP) is 2.10. The Kier molecular flexibility index (Phi) is 5.53. The highest BCUT2D eigenvalue weighted by molar-refractivity contribution is 6.01. The van der Waals surface area contributed by atoms with Crippen molar-refractivity contribution in [1.82, 2.24) is 5.32 Å². The van der Waals surface area contributed by atoms with Gasteiger partial charge in [0.25, 0.3) is 5.91 Å². The lowest BCUT2D eigenvalue weighted by Crippen LogP contribution is -2.45. The molecule has 2 unspecified atom stereocenters. The molecule has 0 aliphatic rings. The summed E-state index contributed by atoms with van der Waals surface area (Å²) >= 11 is 0. The highest BCUT2D eigenvalue weighted by atomic mass is 16.3. The van der Waals surface area contributed by atoms with Gasteiger partial charge in [0, 0.05) is 12.6 Å². The monoisotopic (exact) mass is 276 g/mol. The van der Waals surface area contributed by atoms with Gasteiger partial charge in [0.2, 0.25) is 0 Å². The van der Waals surface area contributed by atoms with Crippen molar-refractivity contribution in [2.24, 2.45) is 5.92 Å². The topological polar surface area (TPSA) is 86.3 Å². The lowest BCUT2D eigenvalue weighted by atomic mass is 9.88. The zero-order valence-electron chi connectivity index (χ0n) is 12.0. The lowest BCUT2D eigenvalue weighted by Gasteiger charge is -2.29. The number of nitrogens with zero attached hydrogens (tertiary/aromatic N) is 1. The van der Waals surface area contributed by atoms with Crippen LogP contribution in [0.3, 0.4) is 0 Å². The smallest absolute Gasteiger partial charge is 0.262 e. The molecule has 0 spiro atoms.